The minimum atomic E-state index is -1.08. The topological polar surface area (TPSA) is 88.1 Å². The fourth-order valence-corrected chi connectivity index (χ4v) is 2.40. The molecule has 0 saturated carbocycles. The van der Waals surface area contributed by atoms with Crippen LogP contribution in [0, 0.1) is 0 Å². The zero-order chi connectivity index (χ0) is 16.2. The van der Waals surface area contributed by atoms with Crippen molar-refractivity contribution in [1.29, 1.82) is 0 Å². The number of hydrogen-bond acceptors (Lipinski definition) is 4. The van der Waals surface area contributed by atoms with Crippen molar-refractivity contribution in [2.75, 3.05) is 13.2 Å². The second-order valence-corrected chi connectivity index (χ2v) is 5.51. The molecule has 1 aromatic carbocycles. The first kappa shape index (κ1) is 16.1. The zero-order valence-corrected chi connectivity index (χ0v) is 12.6. The van der Waals surface area contributed by atoms with Crippen molar-refractivity contribution >= 4 is 12.2 Å². The van der Waals surface area contributed by atoms with Gasteiger partial charge in [-0.15, -0.1) is 0 Å². The number of ether oxygens (including phenoxy) is 2. The van der Waals surface area contributed by atoms with Gasteiger partial charge in [-0.05, 0) is 19.4 Å². The van der Waals surface area contributed by atoms with E-state index in [9.17, 15) is 14.7 Å². The average Bonchev–Trinajstić information content (AvgIpc) is 2.79. The van der Waals surface area contributed by atoms with Crippen LogP contribution in [0.15, 0.2) is 30.3 Å². The van der Waals surface area contributed by atoms with Crippen LogP contribution in [0.25, 0.3) is 0 Å². The van der Waals surface area contributed by atoms with Crippen molar-refractivity contribution in [3.05, 3.63) is 35.9 Å². The lowest BCUT2D eigenvalue weighted by Crippen LogP contribution is -2.50. The summed E-state index contributed by atoms with van der Waals surface area (Å²) >= 11 is 0. The van der Waals surface area contributed by atoms with Gasteiger partial charge in [-0.3, -0.25) is 4.90 Å². The molecule has 0 spiro atoms. The molecule has 1 aliphatic rings. The fourth-order valence-electron chi connectivity index (χ4n) is 2.40. The summed E-state index contributed by atoms with van der Waals surface area (Å²) in [6, 6.07) is 8.88. The molecule has 0 aromatic heterocycles. The van der Waals surface area contributed by atoms with Crippen LogP contribution in [0.1, 0.15) is 19.4 Å². The zero-order valence-electron chi connectivity index (χ0n) is 12.6. The van der Waals surface area contributed by atoms with Crippen molar-refractivity contribution in [1.82, 2.24) is 10.2 Å². The highest BCUT2D eigenvalue weighted by Crippen LogP contribution is 2.26. The van der Waals surface area contributed by atoms with E-state index < -0.39 is 24.0 Å². The van der Waals surface area contributed by atoms with Crippen molar-refractivity contribution in [2.24, 2.45) is 0 Å². The minimum Gasteiger partial charge on any atom is -0.465 e. The molecular weight excluding hydrogens is 288 g/mol. The van der Waals surface area contributed by atoms with Crippen LogP contribution < -0.4 is 5.32 Å². The summed E-state index contributed by atoms with van der Waals surface area (Å²) < 4.78 is 10.5. The molecule has 0 bridgehead atoms. The van der Waals surface area contributed by atoms with Crippen LogP contribution >= 0.6 is 0 Å². The molecule has 1 fully saturated rings. The SMILES string of the molecule is CC1(C)OC[C@@H](CNC(=O)OCc2ccccc2)N1C(=O)O. The second kappa shape index (κ2) is 6.65. The predicted octanol–water partition coefficient (Wildman–Crippen LogP) is 2.03. The van der Waals surface area contributed by atoms with Gasteiger partial charge in [0.15, 0.2) is 0 Å². The molecule has 2 rings (SSSR count). The first-order chi connectivity index (χ1) is 10.4. The van der Waals surface area contributed by atoms with E-state index in [1.807, 2.05) is 30.3 Å². The van der Waals surface area contributed by atoms with Gasteiger partial charge < -0.3 is 19.9 Å². The smallest absolute Gasteiger partial charge is 0.409 e. The third-order valence-corrected chi connectivity index (χ3v) is 3.48. The largest absolute Gasteiger partial charge is 0.465 e. The normalized spacial score (nSPS) is 19.7. The number of alkyl carbamates (subject to hydrolysis) is 1. The molecule has 0 radical (unpaired) electrons. The van der Waals surface area contributed by atoms with E-state index in [0.717, 1.165) is 5.56 Å². The lowest BCUT2D eigenvalue weighted by molar-refractivity contribution is -0.0419. The van der Waals surface area contributed by atoms with Crippen molar-refractivity contribution in [3.63, 3.8) is 0 Å². The van der Waals surface area contributed by atoms with Gasteiger partial charge in [0.05, 0.1) is 12.6 Å². The van der Waals surface area contributed by atoms with Crippen LogP contribution in [0.3, 0.4) is 0 Å². The second-order valence-electron chi connectivity index (χ2n) is 5.51. The Balaban J connectivity index is 1.80. The molecule has 0 unspecified atom stereocenters. The van der Waals surface area contributed by atoms with E-state index in [1.165, 1.54) is 4.90 Å². The molecule has 0 aliphatic carbocycles. The van der Waals surface area contributed by atoms with E-state index in [1.54, 1.807) is 13.8 Å². The molecule has 1 heterocycles. The highest BCUT2D eigenvalue weighted by molar-refractivity contribution is 5.68. The maximum atomic E-state index is 11.7. The number of carbonyl (C=O) groups excluding carboxylic acids is 1. The maximum absolute atomic E-state index is 11.7. The molecule has 1 aromatic rings. The Kier molecular flexibility index (Phi) is 4.87. The predicted molar refractivity (Wildman–Crippen MR) is 78.3 cm³/mol. The number of carbonyl (C=O) groups is 2. The van der Waals surface area contributed by atoms with E-state index in [-0.39, 0.29) is 19.8 Å². The van der Waals surface area contributed by atoms with E-state index in [4.69, 9.17) is 9.47 Å². The Morgan fingerprint density at radius 1 is 1.41 bits per heavy atom. The summed E-state index contributed by atoms with van der Waals surface area (Å²) in [5.41, 5.74) is -0.0123. The molecule has 1 aliphatic heterocycles. The number of amides is 2. The molecular formula is C15H20N2O5. The Bertz CT molecular complexity index is 532. The molecule has 120 valence electrons. The van der Waals surface area contributed by atoms with Gasteiger partial charge in [0.2, 0.25) is 0 Å². The van der Waals surface area contributed by atoms with Gasteiger partial charge >= 0.3 is 12.2 Å². The lowest BCUT2D eigenvalue weighted by atomic mass is 10.2. The standard InChI is InChI=1S/C15H20N2O5/c1-15(2)17(14(19)20)12(10-22-15)8-16-13(18)21-9-11-6-4-3-5-7-11/h3-7,12H,8-10H2,1-2H3,(H,16,18)(H,19,20)/t12-/m1/s1. The van der Waals surface area contributed by atoms with Gasteiger partial charge in [0, 0.05) is 6.54 Å². The minimum absolute atomic E-state index is 0.142. The average molecular weight is 308 g/mol. The monoisotopic (exact) mass is 308 g/mol. The third-order valence-electron chi connectivity index (χ3n) is 3.48. The van der Waals surface area contributed by atoms with Gasteiger partial charge in [-0.1, -0.05) is 30.3 Å². The molecule has 2 N–H and O–H groups in total. The fraction of sp³-hybridized carbons (Fsp3) is 0.467. The number of benzene rings is 1. The summed E-state index contributed by atoms with van der Waals surface area (Å²) in [5.74, 6) is 0. The summed E-state index contributed by atoms with van der Waals surface area (Å²) in [4.78, 5) is 24.2. The number of nitrogens with one attached hydrogen (secondary N) is 1. The Morgan fingerprint density at radius 2 is 2.09 bits per heavy atom. The molecule has 2 amide bonds. The van der Waals surface area contributed by atoms with Gasteiger partial charge in [0.1, 0.15) is 12.3 Å². The van der Waals surface area contributed by atoms with Crippen LogP contribution in [0.2, 0.25) is 0 Å². The summed E-state index contributed by atoms with van der Waals surface area (Å²) in [5, 5.41) is 11.8. The Morgan fingerprint density at radius 3 is 2.73 bits per heavy atom. The quantitative estimate of drug-likeness (QED) is 0.888. The third kappa shape index (κ3) is 3.88. The van der Waals surface area contributed by atoms with Gasteiger partial charge in [-0.2, -0.15) is 0 Å². The molecule has 1 atom stereocenters. The van der Waals surface area contributed by atoms with Crippen molar-refractivity contribution < 1.29 is 24.2 Å². The van der Waals surface area contributed by atoms with Crippen molar-refractivity contribution in [2.45, 2.75) is 32.2 Å². The van der Waals surface area contributed by atoms with Crippen LogP contribution in [-0.2, 0) is 16.1 Å². The highest BCUT2D eigenvalue weighted by Gasteiger charge is 2.43. The van der Waals surface area contributed by atoms with Crippen LogP contribution in [0.4, 0.5) is 9.59 Å². The first-order valence-electron chi connectivity index (χ1n) is 7.01. The van der Waals surface area contributed by atoms with Crippen molar-refractivity contribution in [3.8, 4) is 0 Å². The number of nitrogens with zero attached hydrogens (tertiary/aromatic N) is 1. The highest BCUT2D eigenvalue weighted by atomic mass is 16.6. The van der Waals surface area contributed by atoms with E-state index in [0.29, 0.717) is 0 Å². The summed E-state index contributed by atoms with van der Waals surface area (Å²) in [6.45, 7) is 3.90. The number of hydrogen-bond donors (Lipinski definition) is 2. The summed E-state index contributed by atoms with van der Waals surface area (Å²) in [6.07, 6.45) is -1.66. The van der Waals surface area contributed by atoms with E-state index in [2.05, 4.69) is 5.32 Å². The molecule has 1 saturated heterocycles. The van der Waals surface area contributed by atoms with Crippen LogP contribution in [-0.4, -0.2) is 47.1 Å². The van der Waals surface area contributed by atoms with E-state index >= 15 is 0 Å². The Labute approximate surface area is 128 Å². The van der Waals surface area contributed by atoms with Gasteiger partial charge in [-0.25, -0.2) is 9.59 Å². The first-order valence-corrected chi connectivity index (χ1v) is 7.01. The maximum Gasteiger partial charge on any atom is 0.409 e. The van der Waals surface area contributed by atoms with Crippen LogP contribution in [0.5, 0.6) is 0 Å². The molecule has 7 nitrogen and oxygen atoms in total. The Hall–Kier alpha value is -2.28. The number of rotatable bonds is 4. The molecule has 22 heavy (non-hydrogen) atoms. The summed E-state index contributed by atoms with van der Waals surface area (Å²) in [7, 11) is 0. The molecule has 7 heteroatoms. The number of carboxylic acid groups (broad SMARTS) is 1. The lowest BCUT2D eigenvalue weighted by Gasteiger charge is -2.30. The van der Waals surface area contributed by atoms with Gasteiger partial charge in [0.25, 0.3) is 0 Å².